The van der Waals surface area contributed by atoms with Crippen molar-refractivity contribution in [2.75, 3.05) is 11.9 Å². The number of thiazole rings is 1. The Hall–Kier alpha value is -1.86. The molecule has 3 nitrogen and oxygen atoms in total. The first-order valence-electron chi connectivity index (χ1n) is 5.73. The van der Waals surface area contributed by atoms with Crippen LogP contribution in [0.2, 0.25) is 0 Å². The monoisotopic (exact) mass is 257 g/mol. The number of hydrogen-bond donors (Lipinski definition) is 0. The number of nitrogens with zero attached hydrogens (tertiary/aromatic N) is 3. The van der Waals surface area contributed by atoms with Crippen LogP contribution in [0.1, 0.15) is 21.8 Å². The first-order valence-corrected chi connectivity index (χ1v) is 6.61. The van der Waals surface area contributed by atoms with Crippen LogP contribution in [0.15, 0.2) is 23.6 Å². The Balaban J connectivity index is 2.16. The zero-order valence-corrected chi connectivity index (χ0v) is 11.6. The van der Waals surface area contributed by atoms with Gasteiger partial charge in [-0.1, -0.05) is 0 Å². The van der Waals surface area contributed by atoms with Crippen LogP contribution in [-0.4, -0.2) is 12.0 Å². The summed E-state index contributed by atoms with van der Waals surface area (Å²) in [6.07, 6.45) is 0. The van der Waals surface area contributed by atoms with Crippen LogP contribution >= 0.6 is 11.3 Å². The third kappa shape index (κ3) is 2.69. The van der Waals surface area contributed by atoms with Crippen LogP contribution in [0.5, 0.6) is 0 Å². The van der Waals surface area contributed by atoms with Crippen LogP contribution in [-0.2, 0) is 6.54 Å². The molecular weight excluding hydrogens is 242 g/mol. The number of benzene rings is 1. The van der Waals surface area contributed by atoms with Crippen molar-refractivity contribution in [2.45, 2.75) is 20.4 Å². The quantitative estimate of drug-likeness (QED) is 0.847. The Morgan fingerprint density at radius 1 is 1.39 bits per heavy atom. The van der Waals surface area contributed by atoms with Gasteiger partial charge in [0.05, 0.1) is 28.9 Å². The minimum Gasteiger partial charge on any atom is -0.369 e. The lowest BCUT2D eigenvalue weighted by Crippen LogP contribution is -2.16. The minimum absolute atomic E-state index is 0.733. The minimum atomic E-state index is 0.733. The van der Waals surface area contributed by atoms with E-state index in [4.69, 9.17) is 5.26 Å². The highest BCUT2D eigenvalue weighted by molar-refractivity contribution is 7.09. The van der Waals surface area contributed by atoms with E-state index in [1.807, 2.05) is 39.1 Å². The van der Waals surface area contributed by atoms with Crippen LogP contribution in [0.3, 0.4) is 0 Å². The van der Waals surface area contributed by atoms with Gasteiger partial charge in [0.2, 0.25) is 0 Å². The molecule has 0 saturated heterocycles. The van der Waals surface area contributed by atoms with Crippen molar-refractivity contribution in [3.05, 3.63) is 45.4 Å². The molecule has 1 heterocycles. The van der Waals surface area contributed by atoms with E-state index in [9.17, 15) is 0 Å². The van der Waals surface area contributed by atoms with Crippen molar-refractivity contribution in [2.24, 2.45) is 0 Å². The standard InChI is InChI=1S/C14H15N3S/c1-10-6-14(5-4-12(10)7-15)17(3)8-13-9-18-11(2)16-13/h4-6,9H,8H2,1-3H3. The summed E-state index contributed by atoms with van der Waals surface area (Å²) in [5.41, 5.74) is 3.94. The zero-order valence-electron chi connectivity index (χ0n) is 10.8. The van der Waals surface area contributed by atoms with E-state index in [1.54, 1.807) is 11.3 Å². The highest BCUT2D eigenvalue weighted by Crippen LogP contribution is 2.20. The van der Waals surface area contributed by atoms with Gasteiger partial charge in [0, 0.05) is 18.1 Å². The second-order valence-corrected chi connectivity index (χ2v) is 5.39. The molecule has 1 aromatic heterocycles. The molecule has 2 rings (SSSR count). The molecule has 0 amide bonds. The third-order valence-corrected chi connectivity index (χ3v) is 3.66. The Labute approximate surface area is 111 Å². The molecule has 0 aliphatic heterocycles. The van der Waals surface area contributed by atoms with E-state index in [1.165, 1.54) is 0 Å². The normalized spacial score (nSPS) is 10.1. The Morgan fingerprint density at radius 3 is 2.72 bits per heavy atom. The van der Waals surface area contributed by atoms with Crippen molar-refractivity contribution in [1.82, 2.24) is 4.98 Å². The maximum Gasteiger partial charge on any atom is 0.0994 e. The topological polar surface area (TPSA) is 39.9 Å². The van der Waals surface area contributed by atoms with Crippen LogP contribution in [0, 0.1) is 25.2 Å². The van der Waals surface area contributed by atoms with E-state index >= 15 is 0 Å². The van der Waals surface area contributed by atoms with Crippen molar-refractivity contribution in [1.29, 1.82) is 5.26 Å². The molecule has 0 unspecified atom stereocenters. The number of nitriles is 1. The molecule has 4 heteroatoms. The summed E-state index contributed by atoms with van der Waals surface area (Å²) in [5, 5.41) is 12.1. The van der Waals surface area contributed by atoms with Crippen LogP contribution < -0.4 is 4.90 Å². The van der Waals surface area contributed by atoms with Crippen LogP contribution in [0.25, 0.3) is 0 Å². The maximum atomic E-state index is 8.91. The summed E-state index contributed by atoms with van der Waals surface area (Å²) < 4.78 is 0. The number of anilines is 1. The average Bonchev–Trinajstić information content (AvgIpc) is 2.74. The average molecular weight is 257 g/mol. The largest absolute Gasteiger partial charge is 0.369 e. The first kappa shape index (κ1) is 12.6. The molecule has 0 aliphatic carbocycles. The molecule has 18 heavy (non-hydrogen) atoms. The third-order valence-electron chi connectivity index (χ3n) is 2.84. The van der Waals surface area contributed by atoms with Gasteiger partial charge in [-0.05, 0) is 37.6 Å². The predicted molar refractivity (Wildman–Crippen MR) is 74.9 cm³/mol. The van der Waals surface area contributed by atoms with Crippen molar-refractivity contribution in [3.8, 4) is 6.07 Å². The van der Waals surface area contributed by atoms with E-state index in [-0.39, 0.29) is 0 Å². The summed E-state index contributed by atoms with van der Waals surface area (Å²) in [6.45, 7) is 4.76. The van der Waals surface area contributed by atoms with Gasteiger partial charge >= 0.3 is 0 Å². The van der Waals surface area contributed by atoms with E-state index in [0.717, 1.165) is 34.1 Å². The zero-order chi connectivity index (χ0) is 13.1. The van der Waals surface area contributed by atoms with Gasteiger partial charge in [-0.15, -0.1) is 11.3 Å². The lowest BCUT2D eigenvalue weighted by atomic mass is 10.1. The van der Waals surface area contributed by atoms with E-state index < -0.39 is 0 Å². The first-order chi connectivity index (χ1) is 8.60. The smallest absolute Gasteiger partial charge is 0.0994 e. The summed E-state index contributed by atoms with van der Waals surface area (Å²) in [6, 6.07) is 8.07. The van der Waals surface area contributed by atoms with Gasteiger partial charge in [-0.25, -0.2) is 4.98 Å². The molecule has 0 bridgehead atoms. The van der Waals surface area contributed by atoms with Gasteiger partial charge in [0.15, 0.2) is 0 Å². The fourth-order valence-electron chi connectivity index (χ4n) is 1.83. The summed E-state index contributed by atoms with van der Waals surface area (Å²) in [7, 11) is 2.04. The highest BCUT2D eigenvalue weighted by atomic mass is 32.1. The second-order valence-electron chi connectivity index (χ2n) is 4.32. The van der Waals surface area contributed by atoms with Crippen molar-refractivity contribution in [3.63, 3.8) is 0 Å². The lowest BCUT2D eigenvalue weighted by molar-refractivity contribution is 0.889. The molecule has 92 valence electrons. The van der Waals surface area contributed by atoms with Gasteiger partial charge < -0.3 is 4.90 Å². The Morgan fingerprint density at radius 2 is 2.17 bits per heavy atom. The van der Waals surface area contributed by atoms with Crippen molar-refractivity contribution >= 4 is 17.0 Å². The van der Waals surface area contributed by atoms with Crippen LogP contribution in [0.4, 0.5) is 5.69 Å². The van der Waals surface area contributed by atoms with Gasteiger partial charge in [-0.3, -0.25) is 0 Å². The van der Waals surface area contributed by atoms with E-state index in [2.05, 4.69) is 21.3 Å². The molecule has 0 spiro atoms. The SMILES string of the molecule is Cc1nc(CN(C)c2ccc(C#N)c(C)c2)cs1. The fraction of sp³-hybridized carbons (Fsp3) is 0.286. The Kier molecular flexibility index (Phi) is 3.63. The second kappa shape index (κ2) is 5.19. The fourth-order valence-corrected chi connectivity index (χ4v) is 2.43. The molecule has 0 saturated carbocycles. The summed E-state index contributed by atoms with van der Waals surface area (Å²) in [4.78, 5) is 6.60. The maximum absolute atomic E-state index is 8.91. The van der Waals surface area contributed by atoms with E-state index in [0.29, 0.717) is 0 Å². The number of hydrogen-bond acceptors (Lipinski definition) is 4. The van der Waals surface area contributed by atoms with Gasteiger partial charge in [-0.2, -0.15) is 5.26 Å². The molecule has 0 N–H and O–H groups in total. The highest BCUT2D eigenvalue weighted by Gasteiger charge is 2.06. The predicted octanol–water partition coefficient (Wildman–Crippen LogP) is 3.27. The number of aromatic nitrogens is 1. The molecule has 0 radical (unpaired) electrons. The molecule has 1 aromatic carbocycles. The molecule has 0 atom stereocenters. The number of rotatable bonds is 3. The summed E-state index contributed by atoms with van der Waals surface area (Å²) >= 11 is 1.67. The molecule has 0 aliphatic rings. The Bertz CT molecular complexity index is 595. The lowest BCUT2D eigenvalue weighted by Gasteiger charge is -2.18. The summed E-state index contributed by atoms with van der Waals surface area (Å²) in [5.74, 6) is 0. The number of aryl methyl sites for hydroxylation is 2. The van der Waals surface area contributed by atoms with Crippen molar-refractivity contribution < 1.29 is 0 Å². The molecule has 0 fully saturated rings. The van der Waals surface area contributed by atoms with Gasteiger partial charge in [0.25, 0.3) is 0 Å². The molecular formula is C14H15N3S. The molecule has 2 aromatic rings. The van der Waals surface area contributed by atoms with Gasteiger partial charge in [0.1, 0.15) is 0 Å².